The van der Waals surface area contributed by atoms with E-state index < -0.39 is 0 Å². The zero-order chi connectivity index (χ0) is 12.4. The Balaban J connectivity index is 2.53. The molecule has 0 N–H and O–H groups in total. The highest BCUT2D eigenvalue weighted by molar-refractivity contribution is 9.11. The lowest BCUT2D eigenvalue weighted by molar-refractivity contribution is 0.992. The van der Waals surface area contributed by atoms with Crippen LogP contribution in [0.15, 0.2) is 33.6 Å². The van der Waals surface area contributed by atoms with Gasteiger partial charge >= 0.3 is 0 Å². The third-order valence-electron chi connectivity index (χ3n) is 2.23. The molecular weight excluding hydrogens is 414 g/mol. The molecule has 0 aliphatic heterocycles. The molecule has 2 rings (SSSR count). The smallest absolute Gasteiger partial charge is 0.182 e. The van der Waals surface area contributed by atoms with Crippen molar-refractivity contribution < 1.29 is 0 Å². The van der Waals surface area contributed by atoms with Gasteiger partial charge in [-0.05, 0) is 56.1 Å². The lowest BCUT2D eigenvalue weighted by Gasteiger charge is -2.05. The fourth-order valence-corrected chi connectivity index (χ4v) is 3.61. The second-order valence-electron chi connectivity index (χ2n) is 3.25. The Morgan fingerprint density at radius 2 is 1.88 bits per heavy atom. The first-order valence-corrected chi connectivity index (χ1v) is 7.37. The van der Waals surface area contributed by atoms with Crippen molar-refractivity contribution in [3.8, 4) is 11.8 Å². The number of alkyl halides is 1. The van der Waals surface area contributed by atoms with Crippen molar-refractivity contribution in [3.63, 3.8) is 0 Å². The van der Waals surface area contributed by atoms with Crippen LogP contribution in [0.5, 0.6) is 0 Å². The number of nitrogens with zero attached hydrogens (tertiary/aromatic N) is 3. The molecular formula is C11H6Br3N3. The maximum atomic E-state index is 8.76. The molecule has 2 aromatic rings. The van der Waals surface area contributed by atoms with E-state index in [9.17, 15) is 0 Å². The van der Waals surface area contributed by atoms with E-state index in [4.69, 9.17) is 5.26 Å². The average Bonchev–Trinajstić information content (AvgIpc) is 2.64. The lowest BCUT2D eigenvalue weighted by atomic mass is 10.2. The normalized spacial score (nSPS) is 10.2. The van der Waals surface area contributed by atoms with Gasteiger partial charge in [0.2, 0.25) is 0 Å². The van der Waals surface area contributed by atoms with E-state index in [1.54, 1.807) is 12.1 Å². The first kappa shape index (κ1) is 12.8. The minimum atomic E-state index is 0.641. The van der Waals surface area contributed by atoms with Gasteiger partial charge in [-0.15, -0.1) is 0 Å². The Labute approximate surface area is 124 Å². The van der Waals surface area contributed by atoms with Crippen LogP contribution in [0.2, 0.25) is 0 Å². The molecule has 1 aromatic carbocycles. The largest absolute Gasteiger partial charge is 0.281 e. The van der Waals surface area contributed by atoms with Crippen LogP contribution >= 0.6 is 47.8 Å². The van der Waals surface area contributed by atoms with Crippen LogP contribution < -0.4 is 0 Å². The van der Waals surface area contributed by atoms with E-state index >= 15 is 0 Å². The SMILES string of the molecule is N#Cc1ccc(-n2c(Br)nc(CBr)c2Br)cc1. The van der Waals surface area contributed by atoms with Gasteiger partial charge in [0.15, 0.2) is 4.73 Å². The van der Waals surface area contributed by atoms with Gasteiger partial charge in [0.05, 0.1) is 17.3 Å². The molecule has 0 aliphatic rings. The van der Waals surface area contributed by atoms with Gasteiger partial charge in [0.25, 0.3) is 0 Å². The maximum absolute atomic E-state index is 8.76. The first-order valence-electron chi connectivity index (χ1n) is 4.66. The van der Waals surface area contributed by atoms with Crippen molar-refractivity contribution in [3.05, 3.63) is 44.9 Å². The van der Waals surface area contributed by atoms with E-state index in [1.807, 2.05) is 16.7 Å². The minimum absolute atomic E-state index is 0.641. The van der Waals surface area contributed by atoms with Crippen LogP contribution in [0.25, 0.3) is 5.69 Å². The van der Waals surface area contributed by atoms with Crippen molar-refractivity contribution in [1.29, 1.82) is 5.26 Å². The fraction of sp³-hybridized carbons (Fsp3) is 0.0909. The maximum Gasteiger partial charge on any atom is 0.182 e. The van der Waals surface area contributed by atoms with Crippen molar-refractivity contribution in [2.24, 2.45) is 0 Å². The second kappa shape index (κ2) is 5.34. The second-order valence-corrected chi connectivity index (χ2v) is 5.27. The summed E-state index contributed by atoms with van der Waals surface area (Å²) in [4.78, 5) is 4.37. The van der Waals surface area contributed by atoms with Crippen molar-refractivity contribution in [2.45, 2.75) is 5.33 Å². The third kappa shape index (κ3) is 2.46. The predicted octanol–water partition coefficient (Wildman–Crippen LogP) is 4.16. The van der Waals surface area contributed by atoms with Gasteiger partial charge in [-0.1, -0.05) is 15.9 Å². The van der Waals surface area contributed by atoms with Gasteiger partial charge < -0.3 is 0 Å². The summed E-state index contributed by atoms with van der Waals surface area (Å²) < 4.78 is 3.55. The van der Waals surface area contributed by atoms with Crippen LogP contribution in [0.3, 0.4) is 0 Å². The van der Waals surface area contributed by atoms with Gasteiger partial charge in [-0.3, -0.25) is 4.57 Å². The molecule has 0 saturated heterocycles. The summed E-state index contributed by atoms with van der Waals surface area (Å²) in [5.41, 5.74) is 2.51. The highest BCUT2D eigenvalue weighted by Gasteiger charge is 2.13. The Bertz CT molecular complexity index is 581. The van der Waals surface area contributed by atoms with Gasteiger partial charge in [0, 0.05) is 11.0 Å². The van der Waals surface area contributed by atoms with Crippen LogP contribution in [0, 0.1) is 11.3 Å². The van der Waals surface area contributed by atoms with Gasteiger partial charge in [0.1, 0.15) is 4.60 Å². The fourth-order valence-electron chi connectivity index (χ4n) is 1.41. The van der Waals surface area contributed by atoms with E-state index in [0.29, 0.717) is 10.9 Å². The Morgan fingerprint density at radius 3 is 2.35 bits per heavy atom. The molecule has 0 bridgehead atoms. The van der Waals surface area contributed by atoms with Crippen LogP contribution in [-0.4, -0.2) is 9.55 Å². The van der Waals surface area contributed by atoms with Crippen molar-refractivity contribution in [2.75, 3.05) is 0 Å². The topological polar surface area (TPSA) is 41.6 Å². The molecule has 0 atom stereocenters. The summed E-state index contributed by atoms with van der Waals surface area (Å²) in [7, 11) is 0. The number of hydrogen-bond acceptors (Lipinski definition) is 2. The van der Waals surface area contributed by atoms with Crippen molar-refractivity contribution >= 4 is 47.8 Å². The summed E-state index contributed by atoms with van der Waals surface area (Å²) in [6, 6.07) is 9.42. The first-order chi connectivity index (χ1) is 8.17. The molecule has 0 amide bonds. The summed E-state index contributed by atoms with van der Waals surface area (Å²) in [6.07, 6.45) is 0. The molecule has 17 heavy (non-hydrogen) atoms. The van der Waals surface area contributed by atoms with Gasteiger partial charge in [-0.25, -0.2) is 4.98 Å². The van der Waals surface area contributed by atoms with E-state index in [2.05, 4.69) is 58.8 Å². The molecule has 0 spiro atoms. The molecule has 6 heteroatoms. The van der Waals surface area contributed by atoms with Crippen LogP contribution in [0.1, 0.15) is 11.3 Å². The lowest BCUT2D eigenvalue weighted by Crippen LogP contribution is -1.95. The summed E-state index contributed by atoms with van der Waals surface area (Å²) in [6.45, 7) is 0. The summed E-state index contributed by atoms with van der Waals surface area (Å²) in [5.74, 6) is 0. The number of aromatic nitrogens is 2. The predicted molar refractivity (Wildman–Crippen MR) is 76.3 cm³/mol. The molecule has 0 radical (unpaired) electrons. The highest BCUT2D eigenvalue weighted by Crippen LogP contribution is 2.28. The Morgan fingerprint density at radius 1 is 1.24 bits per heavy atom. The number of hydrogen-bond donors (Lipinski definition) is 0. The molecule has 0 aliphatic carbocycles. The molecule has 3 nitrogen and oxygen atoms in total. The number of benzene rings is 1. The molecule has 1 aromatic heterocycles. The van der Waals surface area contributed by atoms with Crippen LogP contribution in [-0.2, 0) is 5.33 Å². The quantitative estimate of drug-likeness (QED) is 0.686. The molecule has 0 saturated carbocycles. The number of rotatable bonds is 2. The standard InChI is InChI=1S/C11H6Br3N3/c12-5-9-10(13)17(11(14)16-9)8-3-1-7(6-15)2-4-8/h1-4H,5H2. The molecule has 1 heterocycles. The van der Waals surface area contributed by atoms with E-state index in [-0.39, 0.29) is 0 Å². The number of halogens is 3. The molecule has 86 valence electrons. The Hall–Kier alpha value is -0.640. The van der Waals surface area contributed by atoms with Gasteiger partial charge in [-0.2, -0.15) is 5.26 Å². The zero-order valence-electron chi connectivity index (χ0n) is 8.49. The summed E-state index contributed by atoms with van der Waals surface area (Å²) >= 11 is 10.3. The molecule has 0 unspecified atom stereocenters. The van der Waals surface area contributed by atoms with E-state index in [1.165, 1.54) is 0 Å². The van der Waals surface area contributed by atoms with E-state index in [0.717, 1.165) is 20.7 Å². The third-order valence-corrected chi connectivity index (χ3v) is 4.10. The monoisotopic (exact) mass is 417 g/mol. The van der Waals surface area contributed by atoms with Crippen LogP contribution in [0.4, 0.5) is 0 Å². The molecule has 0 fully saturated rings. The Kier molecular flexibility index (Phi) is 4.02. The number of imidazole rings is 1. The highest BCUT2D eigenvalue weighted by atomic mass is 79.9. The summed E-state index contributed by atoms with van der Waals surface area (Å²) in [5, 5.41) is 9.43. The zero-order valence-corrected chi connectivity index (χ0v) is 13.3. The minimum Gasteiger partial charge on any atom is -0.281 e. The average molecular weight is 420 g/mol. The van der Waals surface area contributed by atoms with Crippen molar-refractivity contribution in [1.82, 2.24) is 9.55 Å². The number of nitriles is 1.